The normalized spacial score (nSPS) is 18.4. The number of aliphatic hydroxyl groups excluding tert-OH is 1. The van der Waals surface area contributed by atoms with Crippen molar-refractivity contribution in [2.24, 2.45) is 23.7 Å². The van der Waals surface area contributed by atoms with Crippen LogP contribution in [-0.2, 0) is 35.1 Å². The lowest BCUT2D eigenvalue weighted by Gasteiger charge is -2.41. The van der Waals surface area contributed by atoms with Gasteiger partial charge in [0.2, 0.25) is 29.5 Å². The van der Waals surface area contributed by atoms with Gasteiger partial charge < -0.3 is 41.3 Å². The Morgan fingerprint density at radius 1 is 0.881 bits per heavy atom. The summed E-state index contributed by atoms with van der Waals surface area (Å²) in [5.74, 6) is -2.91. The van der Waals surface area contributed by atoms with Crippen molar-refractivity contribution in [2.75, 3.05) is 45.8 Å². The number of likely N-dealkylation sites (tertiary alicyclic amines) is 1. The molecule has 328 valence electrons. The van der Waals surface area contributed by atoms with Crippen LogP contribution in [0.5, 0.6) is 0 Å². The molecule has 1 saturated heterocycles. The molecule has 14 heteroatoms. The summed E-state index contributed by atoms with van der Waals surface area (Å²) in [5.41, 5.74) is 7.73. The van der Waals surface area contributed by atoms with Gasteiger partial charge in [0.05, 0.1) is 42.7 Å². The van der Waals surface area contributed by atoms with Crippen LogP contribution in [0.1, 0.15) is 79.7 Å². The van der Waals surface area contributed by atoms with E-state index in [-0.39, 0.29) is 48.3 Å². The molecule has 0 unspecified atom stereocenters. The highest BCUT2D eigenvalue weighted by Gasteiger charge is 2.43. The van der Waals surface area contributed by atoms with Gasteiger partial charge in [0, 0.05) is 38.5 Å². The molecular weight excluding hydrogens is 751 g/mol. The van der Waals surface area contributed by atoms with Crippen molar-refractivity contribution in [3.63, 3.8) is 0 Å². The predicted molar refractivity (Wildman–Crippen MR) is 232 cm³/mol. The molecule has 0 aliphatic carbocycles. The number of carbonyl (C=O) groups is 5. The van der Waals surface area contributed by atoms with E-state index in [9.17, 15) is 29.1 Å². The first-order chi connectivity index (χ1) is 27.8. The number of amides is 5. The fraction of sp³-hybridized carbons (Fsp3) is 0.622. The first-order valence-corrected chi connectivity index (χ1v) is 21.1. The van der Waals surface area contributed by atoms with Crippen LogP contribution < -0.4 is 21.7 Å². The molecule has 0 radical (unpaired) electrons. The number of hydrogen-bond acceptors (Lipinski definition) is 9. The molecule has 59 heavy (non-hydrogen) atoms. The van der Waals surface area contributed by atoms with Crippen LogP contribution in [0.25, 0.3) is 0 Å². The SMILES string of the molecule is CC[C@H](C)[C@@H]([C@@H](CC(=O)N1CCC[C@H]1[C@H](O)[C@@H](C)C(=O)N[C@@H](Cc1ccccc1)C(=O)Nc1ccc(N)cc1)OC)N(C)C(=O)[C@@H](NC(=O)[C@H](C(C)C)N(C)C)C(C)C. The van der Waals surface area contributed by atoms with Gasteiger partial charge in [-0.15, -0.1) is 0 Å². The Bertz CT molecular complexity index is 1660. The third kappa shape index (κ3) is 13.2. The number of nitrogens with two attached hydrogens (primary N) is 1. The molecule has 6 N–H and O–H groups in total. The van der Waals surface area contributed by atoms with Gasteiger partial charge in [-0.3, -0.25) is 28.9 Å². The Labute approximate surface area is 352 Å². The van der Waals surface area contributed by atoms with E-state index in [0.717, 1.165) is 5.56 Å². The molecule has 2 aromatic rings. The third-order valence-corrected chi connectivity index (χ3v) is 11.8. The molecular formula is C45H71N7O7. The Morgan fingerprint density at radius 3 is 2.05 bits per heavy atom. The molecule has 2 aromatic carbocycles. The zero-order chi connectivity index (χ0) is 44.1. The van der Waals surface area contributed by atoms with Crippen molar-refractivity contribution in [3.8, 4) is 0 Å². The molecule has 1 heterocycles. The number of nitrogens with zero attached hydrogens (tertiary/aromatic N) is 3. The average molecular weight is 822 g/mol. The molecule has 0 aromatic heterocycles. The van der Waals surface area contributed by atoms with Crippen LogP contribution in [0.3, 0.4) is 0 Å². The second-order valence-corrected chi connectivity index (χ2v) is 17.1. The molecule has 3 rings (SSSR count). The van der Waals surface area contributed by atoms with E-state index in [1.54, 1.807) is 48.0 Å². The van der Waals surface area contributed by atoms with Crippen LogP contribution in [0.4, 0.5) is 11.4 Å². The summed E-state index contributed by atoms with van der Waals surface area (Å²) in [4.78, 5) is 74.3. The van der Waals surface area contributed by atoms with Crippen molar-refractivity contribution < 1.29 is 33.8 Å². The predicted octanol–water partition coefficient (Wildman–Crippen LogP) is 3.93. The Hall–Kier alpha value is -4.53. The highest BCUT2D eigenvalue weighted by molar-refractivity contribution is 5.98. The van der Waals surface area contributed by atoms with Gasteiger partial charge >= 0.3 is 0 Å². The van der Waals surface area contributed by atoms with Gasteiger partial charge in [-0.2, -0.15) is 0 Å². The maximum atomic E-state index is 14.3. The maximum absolute atomic E-state index is 14.3. The lowest BCUT2D eigenvalue weighted by molar-refractivity contribution is -0.147. The van der Waals surface area contributed by atoms with Crippen LogP contribution in [0, 0.1) is 23.7 Å². The van der Waals surface area contributed by atoms with Crippen molar-refractivity contribution >= 4 is 40.9 Å². The summed E-state index contributed by atoms with van der Waals surface area (Å²) in [7, 11) is 6.91. The lowest BCUT2D eigenvalue weighted by atomic mass is 9.89. The minimum atomic E-state index is -1.22. The van der Waals surface area contributed by atoms with Gasteiger partial charge in [0.15, 0.2) is 0 Å². The zero-order valence-electron chi connectivity index (χ0n) is 37.1. The number of carbonyl (C=O) groups excluding carboxylic acids is 5. The third-order valence-electron chi connectivity index (χ3n) is 11.8. The number of rotatable bonds is 21. The number of ether oxygens (including phenoxy) is 1. The molecule has 14 nitrogen and oxygen atoms in total. The van der Waals surface area contributed by atoms with E-state index in [1.807, 2.05) is 90.9 Å². The van der Waals surface area contributed by atoms with Crippen molar-refractivity contribution in [3.05, 3.63) is 60.2 Å². The van der Waals surface area contributed by atoms with E-state index < -0.39 is 60.1 Å². The molecule has 1 aliphatic heterocycles. The molecule has 9 atom stereocenters. The van der Waals surface area contributed by atoms with Gasteiger partial charge in [0.1, 0.15) is 12.1 Å². The van der Waals surface area contributed by atoms with Gasteiger partial charge in [-0.1, -0.05) is 85.2 Å². The summed E-state index contributed by atoms with van der Waals surface area (Å²) >= 11 is 0. The van der Waals surface area contributed by atoms with E-state index in [4.69, 9.17) is 10.5 Å². The minimum absolute atomic E-state index is 0.0247. The summed E-state index contributed by atoms with van der Waals surface area (Å²) in [6.45, 7) is 13.7. The van der Waals surface area contributed by atoms with Crippen molar-refractivity contribution in [1.29, 1.82) is 0 Å². The molecule has 0 saturated carbocycles. The second-order valence-electron chi connectivity index (χ2n) is 17.1. The smallest absolute Gasteiger partial charge is 0.247 e. The molecule has 1 fully saturated rings. The summed E-state index contributed by atoms with van der Waals surface area (Å²) < 4.78 is 6.00. The van der Waals surface area contributed by atoms with Crippen molar-refractivity contribution in [2.45, 2.75) is 123 Å². The standard InChI is InChI=1S/C45H71N7O7/c1-12-29(6)40(51(10)45(58)38(27(2)3)49-44(57)39(28(4)5)50(8)9)36(59-11)26-37(53)52-24-16-19-35(52)41(54)30(7)42(55)48-34(25-31-17-14-13-15-18-31)43(56)47-33-22-20-32(46)21-23-33/h13-15,17-18,20-23,27-30,34-36,38-41,54H,12,16,19,24-26,46H2,1-11H3,(H,47,56)(H,48,55)(H,49,57)/t29-,30+,34-,35-,36+,38-,39-,40-,41+/m0/s1. The quantitative estimate of drug-likeness (QED) is 0.116. The molecule has 0 bridgehead atoms. The van der Waals surface area contributed by atoms with Crippen LogP contribution in [0.2, 0.25) is 0 Å². The fourth-order valence-electron chi connectivity index (χ4n) is 8.23. The largest absolute Gasteiger partial charge is 0.399 e. The van der Waals surface area contributed by atoms with E-state index in [0.29, 0.717) is 37.2 Å². The minimum Gasteiger partial charge on any atom is -0.399 e. The first-order valence-electron chi connectivity index (χ1n) is 21.1. The zero-order valence-corrected chi connectivity index (χ0v) is 37.1. The van der Waals surface area contributed by atoms with Gasteiger partial charge in [-0.25, -0.2) is 0 Å². The second kappa shape index (κ2) is 22.7. The first kappa shape index (κ1) is 48.8. The number of nitrogens with one attached hydrogen (secondary N) is 3. The van der Waals surface area contributed by atoms with Crippen LogP contribution in [-0.4, -0.2) is 127 Å². The summed E-state index contributed by atoms with van der Waals surface area (Å²) in [6.07, 6.45) is 0.0568. The van der Waals surface area contributed by atoms with E-state index in [2.05, 4.69) is 16.0 Å². The topological polar surface area (TPSA) is 187 Å². The maximum Gasteiger partial charge on any atom is 0.247 e. The Morgan fingerprint density at radius 2 is 1.51 bits per heavy atom. The monoisotopic (exact) mass is 822 g/mol. The lowest BCUT2D eigenvalue weighted by Crippen LogP contribution is -2.59. The number of benzene rings is 2. The van der Waals surface area contributed by atoms with E-state index in [1.165, 1.54) is 7.11 Å². The van der Waals surface area contributed by atoms with E-state index >= 15 is 0 Å². The van der Waals surface area contributed by atoms with Crippen LogP contribution in [0.15, 0.2) is 54.6 Å². The number of methoxy groups -OCH3 is 1. The number of anilines is 2. The number of likely N-dealkylation sites (N-methyl/N-ethyl adjacent to an activating group) is 2. The fourth-order valence-corrected chi connectivity index (χ4v) is 8.23. The van der Waals surface area contributed by atoms with Gasteiger partial charge in [-0.05, 0) is 74.5 Å². The Kier molecular flexibility index (Phi) is 18.8. The summed E-state index contributed by atoms with van der Waals surface area (Å²) in [5, 5.41) is 20.4. The highest BCUT2D eigenvalue weighted by atomic mass is 16.5. The van der Waals surface area contributed by atoms with Crippen LogP contribution >= 0.6 is 0 Å². The molecule has 5 amide bonds. The van der Waals surface area contributed by atoms with Crippen molar-refractivity contribution in [1.82, 2.24) is 25.3 Å². The Balaban J connectivity index is 1.78. The number of nitrogen functional groups attached to an aromatic ring is 1. The number of aliphatic hydroxyl groups is 1. The highest BCUT2D eigenvalue weighted by Crippen LogP contribution is 2.29. The average Bonchev–Trinajstić information content (AvgIpc) is 3.69. The summed E-state index contributed by atoms with van der Waals surface area (Å²) in [6, 6.07) is 12.7. The van der Waals surface area contributed by atoms with Gasteiger partial charge in [0.25, 0.3) is 0 Å². The molecule has 1 aliphatic rings. The molecule has 0 spiro atoms. The number of hydrogen-bond donors (Lipinski definition) is 5.